The van der Waals surface area contributed by atoms with Crippen LogP contribution in [0, 0.1) is 0 Å². The second-order valence-corrected chi connectivity index (χ2v) is 10.8. The van der Waals surface area contributed by atoms with E-state index in [4.69, 9.17) is 4.74 Å². The Labute approximate surface area is 229 Å². The highest BCUT2D eigenvalue weighted by molar-refractivity contribution is 5.99. The molecule has 7 nitrogen and oxygen atoms in total. The number of hydrogen-bond acceptors (Lipinski definition) is 4. The molecule has 2 aromatic carbocycles. The summed E-state index contributed by atoms with van der Waals surface area (Å²) in [5.41, 5.74) is 2.04. The molecule has 7 heteroatoms. The van der Waals surface area contributed by atoms with Crippen LogP contribution < -0.4 is 15.4 Å². The van der Waals surface area contributed by atoms with Crippen LogP contribution in [0.3, 0.4) is 0 Å². The average Bonchev–Trinajstić information content (AvgIpc) is 3.39. The van der Waals surface area contributed by atoms with Crippen LogP contribution in [-0.4, -0.2) is 41.0 Å². The largest absolute Gasteiger partial charge is 0.497 e. The molecule has 3 N–H and O–H groups in total. The minimum absolute atomic E-state index is 0.211. The van der Waals surface area contributed by atoms with E-state index in [-0.39, 0.29) is 17.2 Å². The number of fused-ring (bicyclic) bond motifs is 1. The minimum atomic E-state index is -1.19. The predicted octanol–water partition coefficient (Wildman–Crippen LogP) is 5.32. The molecule has 0 spiro atoms. The van der Waals surface area contributed by atoms with Gasteiger partial charge in [0, 0.05) is 52.9 Å². The standard InChI is InChI=1S/C32H36N4O3/c1-31(20-24-21-34-27-11-5-4-10-26(24)27,36-29(37)23-13-15-25(39-2)16-14-23)30(38)35-22-32(17-7-3-8-18-32)28-12-6-9-19-33-28/h4-6,9-16,19,21,34H,3,7-8,17-18,20,22H2,1-2H3,(H,35,38)(H,36,37)/t31-/m0/s1. The van der Waals surface area contributed by atoms with E-state index in [1.807, 2.05) is 48.8 Å². The van der Waals surface area contributed by atoms with Crippen molar-refractivity contribution in [1.29, 1.82) is 0 Å². The van der Waals surface area contributed by atoms with E-state index in [2.05, 4.69) is 26.7 Å². The maximum atomic E-state index is 14.0. The van der Waals surface area contributed by atoms with Crippen LogP contribution in [-0.2, 0) is 16.6 Å². The lowest BCUT2D eigenvalue weighted by Gasteiger charge is -2.38. The second kappa shape index (κ2) is 11.3. The highest BCUT2D eigenvalue weighted by atomic mass is 16.5. The third-order valence-corrected chi connectivity index (χ3v) is 8.07. The zero-order valence-electron chi connectivity index (χ0n) is 22.6. The number of amides is 2. The van der Waals surface area contributed by atoms with E-state index in [1.165, 1.54) is 6.42 Å². The normalized spacial score (nSPS) is 16.3. The number of aromatic nitrogens is 2. The number of H-pyrrole nitrogens is 1. The first-order chi connectivity index (χ1) is 18.9. The van der Waals surface area contributed by atoms with E-state index in [0.29, 0.717) is 24.3 Å². The van der Waals surface area contributed by atoms with Gasteiger partial charge in [0.05, 0.1) is 7.11 Å². The zero-order valence-corrected chi connectivity index (χ0v) is 22.6. The molecule has 0 unspecified atom stereocenters. The number of rotatable bonds is 9. The van der Waals surface area contributed by atoms with E-state index < -0.39 is 5.54 Å². The highest BCUT2D eigenvalue weighted by Crippen LogP contribution is 2.38. The van der Waals surface area contributed by atoms with Crippen LogP contribution in [0.1, 0.15) is 60.6 Å². The monoisotopic (exact) mass is 524 g/mol. The van der Waals surface area contributed by atoms with Crippen molar-refractivity contribution in [2.75, 3.05) is 13.7 Å². The summed E-state index contributed by atoms with van der Waals surface area (Å²) in [7, 11) is 1.59. The molecule has 2 heterocycles. The van der Waals surface area contributed by atoms with Crippen molar-refractivity contribution < 1.29 is 14.3 Å². The first-order valence-electron chi connectivity index (χ1n) is 13.6. The third kappa shape index (κ3) is 5.67. The Kier molecular flexibility index (Phi) is 7.68. The molecule has 5 rings (SSSR count). The number of pyridine rings is 1. The molecule has 2 amide bonds. The molecule has 0 aliphatic heterocycles. The summed E-state index contributed by atoms with van der Waals surface area (Å²) >= 11 is 0. The maximum Gasteiger partial charge on any atom is 0.252 e. The first kappa shape index (κ1) is 26.5. The average molecular weight is 525 g/mol. The second-order valence-electron chi connectivity index (χ2n) is 10.8. The van der Waals surface area contributed by atoms with Crippen molar-refractivity contribution in [3.8, 4) is 5.75 Å². The van der Waals surface area contributed by atoms with Crippen LogP contribution in [0.2, 0.25) is 0 Å². The van der Waals surface area contributed by atoms with Crippen LogP contribution in [0.15, 0.2) is 79.1 Å². The fourth-order valence-corrected chi connectivity index (χ4v) is 5.78. The van der Waals surface area contributed by atoms with Crippen LogP contribution >= 0.6 is 0 Å². The van der Waals surface area contributed by atoms with Crippen LogP contribution in [0.4, 0.5) is 0 Å². The Morgan fingerprint density at radius 3 is 2.46 bits per heavy atom. The highest BCUT2D eigenvalue weighted by Gasteiger charge is 2.40. The Hall–Kier alpha value is -4.13. The Balaban J connectivity index is 1.42. The van der Waals surface area contributed by atoms with Crippen molar-refractivity contribution >= 4 is 22.7 Å². The summed E-state index contributed by atoms with van der Waals surface area (Å²) < 4.78 is 5.23. The molecule has 1 saturated carbocycles. The van der Waals surface area contributed by atoms with E-state index in [0.717, 1.165) is 47.8 Å². The first-order valence-corrected chi connectivity index (χ1v) is 13.6. The lowest BCUT2D eigenvalue weighted by atomic mass is 9.71. The van der Waals surface area contributed by atoms with Gasteiger partial charge >= 0.3 is 0 Å². The summed E-state index contributed by atoms with van der Waals surface area (Å²) in [5, 5.41) is 7.35. The van der Waals surface area contributed by atoms with Gasteiger partial charge in [-0.05, 0) is 67.8 Å². The number of carbonyl (C=O) groups is 2. The van der Waals surface area contributed by atoms with Gasteiger partial charge in [0.1, 0.15) is 11.3 Å². The Morgan fingerprint density at radius 2 is 1.74 bits per heavy atom. The number of hydrogen-bond donors (Lipinski definition) is 3. The van der Waals surface area contributed by atoms with Crippen molar-refractivity contribution in [2.45, 2.75) is 56.4 Å². The smallest absolute Gasteiger partial charge is 0.252 e. The molecule has 2 aromatic heterocycles. The van der Waals surface area contributed by atoms with Gasteiger partial charge in [0.2, 0.25) is 5.91 Å². The lowest BCUT2D eigenvalue weighted by Crippen LogP contribution is -2.59. The molecule has 1 aliphatic rings. The van der Waals surface area contributed by atoms with E-state index >= 15 is 0 Å². The van der Waals surface area contributed by atoms with Gasteiger partial charge in [-0.3, -0.25) is 14.6 Å². The topological polar surface area (TPSA) is 96.1 Å². The zero-order chi connectivity index (χ0) is 27.3. The van der Waals surface area contributed by atoms with Crippen molar-refractivity contribution in [3.05, 3.63) is 95.9 Å². The maximum absolute atomic E-state index is 14.0. The number of nitrogens with one attached hydrogen (secondary N) is 3. The van der Waals surface area contributed by atoms with Crippen molar-refractivity contribution in [3.63, 3.8) is 0 Å². The van der Waals surface area contributed by atoms with Crippen molar-refractivity contribution in [1.82, 2.24) is 20.6 Å². The summed E-state index contributed by atoms with van der Waals surface area (Å²) in [6, 6.07) is 20.9. The van der Waals surface area contributed by atoms with Gasteiger partial charge in [0.15, 0.2) is 0 Å². The van der Waals surface area contributed by atoms with Gasteiger partial charge in [0.25, 0.3) is 5.91 Å². The van der Waals surface area contributed by atoms with E-state index in [1.54, 1.807) is 38.3 Å². The molecule has 1 aliphatic carbocycles. The molecule has 1 atom stereocenters. The molecule has 39 heavy (non-hydrogen) atoms. The summed E-state index contributed by atoms with van der Waals surface area (Å²) in [6.45, 7) is 2.28. The SMILES string of the molecule is COc1ccc(C(=O)N[C@@](C)(Cc2c[nH]c3ccccc23)C(=O)NCC2(c3ccccn3)CCCCC2)cc1. The summed E-state index contributed by atoms with van der Waals surface area (Å²) in [5.74, 6) is 0.140. The number of ether oxygens (including phenoxy) is 1. The summed E-state index contributed by atoms with van der Waals surface area (Å²) in [4.78, 5) is 35.4. The fourth-order valence-electron chi connectivity index (χ4n) is 5.78. The molecule has 0 saturated heterocycles. The van der Waals surface area contributed by atoms with Crippen LogP contribution in [0.5, 0.6) is 5.75 Å². The number of nitrogens with zero attached hydrogens (tertiary/aromatic N) is 1. The fraction of sp³-hybridized carbons (Fsp3) is 0.344. The molecular weight excluding hydrogens is 488 g/mol. The van der Waals surface area contributed by atoms with Gasteiger partial charge in [-0.15, -0.1) is 0 Å². The predicted molar refractivity (Wildman–Crippen MR) is 153 cm³/mol. The quantitative estimate of drug-likeness (QED) is 0.276. The van der Waals surface area contributed by atoms with Gasteiger partial charge in [-0.2, -0.15) is 0 Å². The third-order valence-electron chi connectivity index (χ3n) is 8.07. The molecule has 1 fully saturated rings. The van der Waals surface area contributed by atoms with Gasteiger partial charge < -0.3 is 20.4 Å². The van der Waals surface area contributed by atoms with Gasteiger partial charge in [-0.1, -0.05) is 43.5 Å². The molecule has 0 bridgehead atoms. The number of benzene rings is 2. The van der Waals surface area contributed by atoms with Crippen LogP contribution in [0.25, 0.3) is 10.9 Å². The number of para-hydroxylation sites is 1. The molecule has 0 radical (unpaired) electrons. The Bertz CT molecular complexity index is 1420. The van der Waals surface area contributed by atoms with Gasteiger partial charge in [-0.25, -0.2) is 0 Å². The molecule has 4 aromatic rings. The molecular formula is C32H36N4O3. The summed E-state index contributed by atoms with van der Waals surface area (Å²) in [6.07, 6.45) is 9.43. The van der Waals surface area contributed by atoms with E-state index in [9.17, 15) is 9.59 Å². The number of methoxy groups -OCH3 is 1. The minimum Gasteiger partial charge on any atom is -0.497 e. The van der Waals surface area contributed by atoms with Crippen molar-refractivity contribution in [2.24, 2.45) is 0 Å². The number of aromatic amines is 1. The Morgan fingerprint density at radius 1 is 1.00 bits per heavy atom. The molecule has 202 valence electrons. The number of carbonyl (C=O) groups excluding carboxylic acids is 2. The lowest BCUT2D eigenvalue weighted by molar-refractivity contribution is -0.127.